The first-order valence-electron chi connectivity index (χ1n) is 5.89. The molecular weight excluding hydrogens is 239 g/mol. The first-order chi connectivity index (χ1) is 7.68. The highest BCUT2D eigenvalue weighted by Gasteiger charge is 2.20. The summed E-state index contributed by atoms with van der Waals surface area (Å²) in [7, 11) is 0. The second kappa shape index (κ2) is 6.34. The molecule has 0 amide bonds. The molecule has 4 heteroatoms. The molecule has 1 heterocycles. The molecule has 1 fully saturated rings. The second-order valence-electron chi connectivity index (χ2n) is 4.49. The minimum Gasteiger partial charge on any atom is -0.314 e. The van der Waals surface area contributed by atoms with Crippen molar-refractivity contribution in [3.8, 4) is 0 Å². The van der Waals surface area contributed by atoms with Crippen molar-refractivity contribution in [2.45, 2.75) is 19.9 Å². The summed E-state index contributed by atoms with van der Waals surface area (Å²) in [6.45, 7) is 8.08. The molecule has 1 aromatic carbocycles. The Morgan fingerprint density at radius 2 is 1.94 bits per heavy atom. The van der Waals surface area contributed by atoms with Crippen molar-refractivity contribution in [3.63, 3.8) is 0 Å². The van der Waals surface area contributed by atoms with E-state index in [4.69, 9.17) is 0 Å². The van der Waals surface area contributed by atoms with E-state index in [0.29, 0.717) is 0 Å². The number of nitrogens with one attached hydrogen (secondary N) is 1. The number of hydrogen-bond acceptors (Lipinski definition) is 2. The van der Waals surface area contributed by atoms with Crippen molar-refractivity contribution in [2.24, 2.45) is 0 Å². The molecule has 0 spiro atoms. The summed E-state index contributed by atoms with van der Waals surface area (Å²) >= 11 is 0. The van der Waals surface area contributed by atoms with Gasteiger partial charge in [-0.15, -0.1) is 12.4 Å². The molecule has 2 nitrogen and oxygen atoms in total. The summed E-state index contributed by atoms with van der Waals surface area (Å²) in [4.78, 5) is 2.33. The zero-order chi connectivity index (χ0) is 11.5. The first-order valence-corrected chi connectivity index (χ1v) is 5.89. The normalized spacial score (nSPS) is 18.5. The summed E-state index contributed by atoms with van der Waals surface area (Å²) in [5, 5.41) is 3.31. The van der Waals surface area contributed by atoms with Crippen molar-refractivity contribution in [1.29, 1.82) is 0 Å². The molecule has 1 aromatic rings. The van der Waals surface area contributed by atoms with Crippen LogP contribution in [0.3, 0.4) is 0 Å². The molecule has 0 unspecified atom stereocenters. The van der Waals surface area contributed by atoms with E-state index in [1.54, 1.807) is 6.07 Å². The molecule has 0 bridgehead atoms. The highest BCUT2D eigenvalue weighted by molar-refractivity contribution is 5.85. The van der Waals surface area contributed by atoms with Gasteiger partial charge < -0.3 is 5.32 Å². The highest BCUT2D eigenvalue weighted by Crippen LogP contribution is 2.24. The Bertz CT molecular complexity index is 364. The van der Waals surface area contributed by atoms with Crippen LogP contribution in [-0.4, -0.2) is 31.1 Å². The van der Waals surface area contributed by atoms with Crippen LogP contribution in [0.2, 0.25) is 0 Å². The first kappa shape index (κ1) is 14.4. The van der Waals surface area contributed by atoms with E-state index in [-0.39, 0.29) is 24.3 Å². The zero-order valence-electron chi connectivity index (χ0n) is 10.4. The Balaban J connectivity index is 0.00000144. The summed E-state index contributed by atoms with van der Waals surface area (Å²) in [5.41, 5.74) is 1.94. The third-order valence-corrected chi connectivity index (χ3v) is 3.30. The smallest absolute Gasteiger partial charge is 0.127 e. The van der Waals surface area contributed by atoms with Gasteiger partial charge in [0.05, 0.1) is 0 Å². The fourth-order valence-corrected chi connectivity index (χ4v) is 2.25. The molecule has 0 radical (unpaired) electrons. The predicted molar refractivity (Wildman–Crippen MR) is 71.2 cm³/mol. The molecule has 17 heavy (non-hydrogen) atoms. The fraction of sp³-hybridized carbons (Fsp3) is 0.538. The van der Waals surface area contributed by atoms with Crippen LogP contribution in [0.25, 0.3) is 0 Å². The molecule has 1 aliphatic rings. The van der Waals surface area contributed by atoms with Crippen LogP contribution < -0.4 is 5.32 Å². The van der Waals surface area contributed by atoms with Crippen molar-refractivity contribution in [1.82, 2.24) is 10.2 Å². The van der Waals surface area contributed by atoms with Gasteiger partial charge in [0.1, 0.15) is 5.82 Å². The van der Waals surface area contributed by atoms with Gasteiger partial charge in [0.2, 0.25) is 0 Å². The Morgan fingerprint density at radius 3 is 2.59 bits per heavy atom. The SMILES string of the molecule is Cc1ccc(F)c([C@H](C)N2CCNCC2)c1.Cl. The Labute approximate surface area is 109 Å². The fourth-order valence-electron chi connectivity index (χ4n) is 2.25. The van der Waals surface area contributed by atoms with Crippen LogP contribution in [0.1, 0.15) is 24.1 Å². The van der Waals surface area contributed by atoms with E-state index in [0.717, 1.165) is 37.3 Å². The molecule has 1 N–H and O–H groups in total. The quantitative estimate of drug-likeness (QED) is 0.877. The summed E-state index contributed by atoms with van der Waals surface area (Å²) in [6, 6.07) is 5.52. The Hall–Kier alpha value is -0.640. The standard InChI is InChI=1S/C13H19FN2.ClH/c1-10-3-4-13(14)12(9-10)11(2)16-7-5-15-6-8-16;/h3-4,9,11,15H,5-8H2,1-2H3;1H/t11-;/m0./s1. The van der Waals surface area contributed by atoms with E-state index < -0.39 is 0 Å². The Morgan fingerprint density at radius 1 is 1.29 bits per heavy atom. The van der Waals surface area contributed by atoms with Gasteiger partial charge in [-0.2, -0.15) is 0 Å². The lowest BCUT2D eigenvalue weighted by Gasteiger charge is -2.33. The van der Waals surface area contributed by atoms with Crippen LogP contribution in [0.4, 0.5) is 4.39 Å². The van der Waals surface area contributed by atoms with E-state index in [2.05, 4.69) is 17.1 Å². The van der Waals surface area contributed by atoms with Gasteiger partial charge in [0, 0.05) is 37.8 Å². The van der Waals surface area contributed by atoms with Crippen LogP contribution in [0, 0.1) is 12.7 Å². The van der Waals surface area contributed by atoms with Gasteiger partial charge in [-0.1, -0.05) is 17.7 Å². The van der Waals surface area contributed by atoms with Gasteiger partial charge in [0.25, 0.3) is 0 Å². The zero-order valence-corrected chi connectivity index (χ0v) is 11.2. The number of piperazine rings is 1. The second-order valence-corrected chi connectivity index (χ2v) is 4.49. The minimum absolute atomic E-state index is 0. The molecule has 1 saturated heterocycles. The number of benzene rings is 1. The predicted octanol–water partition coefficient (Wildman–Crippen LogP) is 2.52. The largest absolute Gasteiger partial charge is 0.314 e. The van der Waals surface area contributed by atoms with E-state index >= 15 is 0 Å². The number of aryl methyl sites for hydroxylation is 1. The van der Waals surface area contributed by atoms with Crippen LogP contribution >= 0.6 is 12.4 Å². The number of halogens is 2. The maximum Gasteiger partial charge on any atom is 0.127 e. The minimum atomic E-state index is -0.0865. The summed E-state index contributed by atoms with van der Waals surface area (Å²) in [6.07, 6.45) is 0. The van der Waals surface area contributed by atoms with Gasteiger partial charge in [-0.3, -0.25) is 4.90 Å². The molecular formula is C13H20ClFN2. The van der Waals surface area contributed by atoms with Crippen molar-refractivity contribution in [3.05, 3.63) is 35.1 Å². The molecule has 1 aliphatic heterocycles. The highest BCUT2D eigenvalue weighted by atomic mass is 35.5. The van der Waals surface area contributed by atoms with E-state index in [1.807, 2.05) is 19.1 Å². The lowest BCUT2D eigenvalue weighted by molar-refractivity contribution is 0.182. The molecule has 0 aromatic heterocycles. The molecule has 2 rings (SSSR count). The number of nitrogens with zero attached hydrogens (tertiary/aromatic N) is 1. The molecule has 96 valence electrons. The molecule has 1 atom stereocenters. The van der Waals surface area contributed by atoms with E-state index in [9.17, 15) is 4.39 Å². The van der Waals surface area contributed by atoms with Crippen LogP contribution in [0.15, 0.2) is 18.2 Å². The molecule has 0 aliphatic carbocycles. The summed E-state index contributed by atoms with van der Waals surface area (Å²) < 4.78 is 13.7. The third-order valence-electron chi connectivity index (χ3n) is 3.30. The lowest BCUT2D eigenvalue weighted by atomic mass is 10.0. The number of hydrogen-bond donors (Lipinski definition) is 1. The average molecular weight is 259 g/mol. The lowest BCUT2D eigenvalue weighted by Crippen LogP contribution is -2.44. The maximum absolute atomic E-state index is 13.7. The number of rotatable bonds is 2. The topological polar surface area (TPSA) is 15.3 Å². The van der Waals surface area contributed by atoms with Crippen molar-refractivity contribution in [2.75, 3.05) is 26.2 Å². The van der Waals surface area contributed by atoms with Gasteiger partial charge in [-0.25, -0.2) is 4.39 Å². The third kappa shape index (κ3) is 3.41. The van der Waals surface area contributed by atoms with Gasteiger partial charge in [0.15, 0.2) is 0 Å². The van der Waals surface area contributed by atoms with Crippen LogP contribution in [0.5, 0.6) is 0 Å². The van der Waals surface area contributed by atoms with Gasteiger partial charge >= 0.3 is 0 Å². The van der Waals surface area contributed by atoms with Crippen LogP contribution in [-0.2, 0) is 0 Å². The Kier molecular flexibility index (Phi) is 5.37. The van der Waals surface area contributed by atoms with E-state index in [1.165, 1.54) is 0 Å². The van der Waals surface area contributed by atoms with Crippen molar-refractivity contribution < 1.29 is 4.39 Å². The maximum atomic E-state index is 13.7. The summed E-state index contributed by atoms with van der Waals surface area (Å²) in [5.74, 6) is -0.0865. The van der Waals surface area contributed by atoms with Crippen molar-refractivity contribution >= 4 is 12.4 Å². The van der Waals surface area contributed by atoms with Gasteiger partial charge in [-0.05, 0) is 19.9 Å². The molecule has 0 saturated carbocycles. The monoisotopic (exact) mass is 258 g/mol. The average Bonchev–Trinajstić information content (AvgIpc) is 2.32.